The van der Waals surface area contributed by atoms with Gasteiger partial charge >= 0.3 is 0 Å². The highest BCUT2D eigenvalue weighted by atomic mass is 79.9. The number of nitrogens with two attached hydrogens (primary N) is 1. The second kappa shape index (κ2) is 5.51. The quantitative estimate of drug-likeness (QED) is 0.909. The topological polar surface area (TPSA) is 50.9 Å². The Bertz CT molecular complexity index is 510. The maximum Gasteiger partial charge on any atom is 0.127 e. The first-order chi connectivity index (χ1) is 8.15. The summed E-state index contributed by atoms with van der Waals surface area (Å²) in [6.07, 6.45) is 2.78. The average Bonchev–Trinajstić information content (AvgIpc) is 2.70. The van der Waals surface area contributed by atoms with Gasteiger partial charge in [-0.05, 0) is 47.0 Å². The van der Waals surface area contributed by atoms with Crippen molar-refractivity contribution < 1.29 is 0 Å². The number of hydrogen-bond acceptors (Lipinski definition) is 4. The maximum atomic E-state index is 5.82. The first kappa shape index (κ1) is 12.4. The standard InChI is InChI=1S/C12H14BrN3S/c1-8-7-16-12(6-10(8)14)15-5-4-9-2-3-11(13)17-9/h2-3,6-7H,4-5H2,1H3,(H3,14,15,16). The Labute approximate surface area is 113 Å². The van der Waals surface area contributed by atoms with Crippen molar-refractivity contribution in [2.45, 2.75) is 13.3 Å². The number of thiophene rings is 1. The van der Waals surface area contributed by atoms with Crippen molar-refractivity contribution in [1.29, 1.82) is 0 Å². The van der Waals surface area contributed by atoms with E-state index in [1.807, 2.05) is 13.0 Å². The SMILES string of the molecule is Cc1cnc(NCCc2ccc(Br)s2)cc1N. The third kappa shape index (κ3) is 3.44. The second-order valence-electron chi connectivity index (χ2n) is 3.81. The number of aryl methyl sites for hydroxylation is 1. The van der Waals surface area contributed by atoms with Crippen molar-refractivity contribution in [2.24, 2.45) is 0 Å². The molecule has 3 nitrogen and oxygen atoms in total. The molecule has 0 saturated carbocycles. The van der Waals surface area contributed by atoms with Crippen LogP contribution in [0, 0.1) is 6.92 Å². The average molecular weight is 312 g/mol. The van der Waals surface area contributed by atoms with Gasteiger partial charge in [-0.1, -0.05) is 0 Å². The van der Waals surface area contributed by atoms with E-state index in [9.17, 15) is 0 Å². The first-order valence-electron chi connectivity index (χ1n) is 5.35. The van der Waals surface area contributed by atoms with Crippen LogP contribution in [0.5, 0.6) is 0 Å². The van der Waals surface area contributed by atoms with Gasteiger partial charge in [0.1, 0.15) is 5.82 Å². The molecule has 2 heterocycles. The third-order valence-electron chi connectivity index (χ3n) is 2.45. The molecule has 0 unspecified atom stereocenters. The number of anilines is 2. The second-order valence-corrected chi connectivity index (χ2v) is 6.36. The van der Waals surface area contributed by atoms with E-state index in [1.165, 1.54) is 8.66 Å². The summed E-state index contributed by atoms with van der Waals surface area (Å²) >= 11 is 5.22. The normalized spacial score (nSPS) is 10.5. The van der Waals surface area contributed by atoms with Crippen LogP contribution in [0.15, 0.2) is 28.2 Å². The maximum absolute atomic E-state index is 5.82. The number of pyridine rings is 1. The van der Waals surface area contributed by atoms with E-state index in [4.69, 9.17) is 5.73 Å². The van der Waals surface area contributed by atoms with E-state index in [2.05, 4.69) is 38.4 Å². The minimum Gasteiger partial charge on any atom is -0.398 e. The fourth-order valence-electron chi connectivity index (χ4n) is 1.44. The zero-order valence-corrected chi connectivity index (χ0v) is 11.9. The smallest absolute Gasteiger partial charge is 0.127 e. The van der Waals surface area contributed by atoms with Gasteiger partial charge in [-0.3, -0.25) is 0 Å². The molecule has 2 rings (SSSR count). The Morgan fingerprint density at radius 2 is 2.29 bits per heavy atom. The van der Waals surface area contributed by atoms with E-state index in [1.54, 1.807) is 17.5 Å². The summed E-state index contributed by atoms with van der Waals surface area (Å²) < 4.78 is 1.17. The fourth-order valence-corrected chi connectivity index (χ4v) is 2.92. The molecular weight excluding hydrogens is 298 g/mol. The number of nitrogens with one attached hydrogen (secondary N) is 1. The van der Waals surface area contributed by atoms with Crippen LogP contribution in [-0.4, -0.2) is 11.5 Å². The van der Waals surface area contributed by atoms with Gasteiger partial charge in [0.25, 0.3) is 0 Å². The molecule has 0 saturated heterocycles. The molecule has 2 aromatic rings. The molecule has 3 N–H and O–H groups in total. The zero-order chi connectivity index (χ0) is 12.3. The van der Waals surface area contributed by atoms with Gasteiger partial charge in [0.15, 0.2) is 0 Å². The van der Waals surface area contributed by atoms with Gasteiger partial charge in [-0.25, -0.2) is 4.98 Å². The van der Waals surface area contributed by atoms with Crippen molar-refractivity contribution >= 4 is 38.8 Å². The van der Waals surface area contributed by atoms with Crippen LogP contribution in [0.4, 0.5) is 11.5 Å². The fraction of sp³-hybridized carbons (Fsp3) is 0.250. The molecule has 90 valence electrons. The van der Waals surface area contributed by atoms with Gasteiger partial charge in [-0.15, -0.1) is 11.3 Å². The molecule has 0 bridgehead atoms. The van der Waals surface area contributed by atoms with E-state index in [-0.39, 0.29) is 0 Å². The molecule has 0 amide bonds. The summed E-state index contributed by atoms with van der Waals surface area (Å²) in [6.45, 7) is 2.82. The minimum atomic E-state index is 0.779. The van der Waals surface area contributed by atoms with Crippen LogP contribution in [-0.2, 0) is 6.42 Å². The highest BCUT2D eigenvalue weighted by Crippen LogP contribution is 2.22. The third-order valence-corrected chi connectivity index (χ3v) is 4.13. The molecule has 2 aromatic heterocycles. The predicted octanol–water partition coefficient (Wildman–Crippen LogP) is 3.45. The van der Waals surface area contributed by atoms with Crippen LogP contribution >= 0.6 is 27.3 Å². The highest BCUT2D eigenvalue weighted by Gasteiger charge is 2.00. The van der Waals surface area contributed by atoms with Crippen molar-refractivity contribution in [2.75, 3.05) is 17.6 Å². The van der Waals surface area contributed by atoms with Gasteiger partial charge < -0.3 is 11.1 Å². The Hall–Kier alpha value is -1.07. The lowest BCUT2D eigenvalue weighted by Gasteiger charge is -2.06. The van der Waals surface area contributed by atoms with Gasteiger partial charge in [0, 0.05) is 29.4 Å². The van der Waals surface area contributed by atoms with Crippen LogP contribution < -0.4 is 11.1 Å². The molecular formula is C12H14BrN3S. The molecule has 0 aliphatic heterocycles. The van der Waals surface area contributed by atoms with Crippen molar-refractivity contribution in [3.8, 4) is 0 Å². The number of halogens is 1. The summed E-state index contributed by atoms with van der Waals surface area (Å²) in [7, 11) is 0. The Morgan fingerprint density at radius 1 is 1.47 bits per heavy atom. The Balaban J connectivity index is 1.87. The van der Waals surface area contributed by atoms with Crippen LogP contribution in [0.3, 0.4) is 0 Å². The Morgan fingerprint density at radius 3 is 2.94 bits per heavy atom. The summed E-state index contributed by atoms with van der Waals surface area (Å²) in [6, 6.07) is 6.08. The molecule has 17 heavy (non-hydrogen) atoms. The van der Waals surface area contributed by atoms with Crippen LogP contribution in [0.25, 0.3) is 0 Å². The summed E-state index contributed by atoms with van der Waals surface area (Å²) in [5, 5.41) is 3.27. The molecule has 5 heteroatoms. The lowest BCUT2D eigenvalue weighted by atomic mass is 10.2. The number of aromatic nitrogens is 1. The molecule has 0 radical (unpaired) electrons. The lowest BCUT2D eigenvalue weighted by molar-refractivity contribution is 1.03. The number of nitrogens with zero attached hydrogens (tertiary/aromatic N) is 1. The number of nitrogen functional groups attached to an aromatic ring is 1. The monoisotopic (exact) mass is 311 g/mol. The van der Waals surface area contributed by atoms with Crippen LogP contribution in [0.2, 0.25) is 0 Å². The lowest BCUT2D eigenvalue weighted by Crippen LogP contribution is -2.06. The number of rotatable bonds is 4. The van der Waals surface area contributed by atoms with Gasteiger partial charge in [0.2, 0.25) is 0 Å². The molecule has 0 aliphatic rings. The molecule has 0 aromatic carbocycles. The van der Waals surface area contributed by atoms with Crippen molar-refractivity contribution in [1.82, 2.24) is 4.98 Å². The van der Waals surface area contributed by atoms with E-state index >= 15 is 0 Å². The molecule has 0 fully saturated rings. The highest BCUT2D eigenvalue weighted by molar-refractivity contribution is 9.11. The van der Waals surface area contributed by atoms with E-state index in [0.717, 1.165) is 30.0 Å². The van der Waals surface area contributed by atoms with Gasteiger partial charge in [-0.2, -0.15) is 0 Å². The largest absolute Gasteiger partial charge is 0.398 e. The van der Waals surface area contributed by atoms with Crippen molar-refractivity contribution in [3.05, 3.63) is 38.6 Å². The van der Waals surface area contributed by atoms with Gasteiger partial charge in [0.05, 0.1) is 3.79 Å². The summed E-state index contributed by atoms with van der Waals surface area (Å²) in [5.74, 6) is 0.837. The zero-order valence-electron chi connectivity index (χ0n) is 9.53. The number of hydrogen-bond donors (Lipinski definition) is 2. The van der Waals surface area contributed by atoms with E-state index < -0.39 is 0 Å². The van der Waals surface area contributed by atoms with Crippen molar-refractivity contribution in [3.63, 3.8) is 0 Å². The van der Waals surface area contributed by atoms with E-state index in [0.29, 0.717) is 0 Å². The molecule has 0 aliphatic carbocycles. The Kier molecular flexibility index (Phi) is 4.02. The minimum absolute atomic E-state index is 0.779. The molecule has 0 spiro atoms. The summed E-state index contributed by atoms with van der Waals surface area (Å²) in [5.41, 5.74) is 7.61. The first-order valence-corrected chi connectivity index (χ1v) is 6.96. The molecule has 0 atom stereocenters. The van der Waals surface area contributed by atoms with Crippen LogP contribution in [0.1, 0.15) is 10.4 Å². The predicted molar refractivity (Wildman–Crippen MR) is 77.6 cm³/mol. The summed E-state index contributed by atoms with van der Waals surface area (Å²) in [4.78, 5) is 5.63.